The number of nitrogens with one attached hydrogen (secondary N) is 1. The molecule has 3 N–H and O–H groups in total. The molecule has 1 amide bonds. The first-order valence-corrected chi connectivity index (χ1v) is 6.07. The smallest absolute Gasteiger partial charge is 0.258 e. The molecule has 1 aliphatic heterocycles. The molecule has 0 spiro atoms. The third-order valence-corrected chi connectivity index (χ3v) is 3.30. The van der Waals surface area contributed by atoms with E-state index in [0.29, 0.717) is 24.5 Å². The highest BCUT2D eigenvalue weighted by molar-refractivity contribution is 5.98. The Labute approximate surface area is 111 Å². The maximum Gasteiger partial charge on any atom is 0.258 e. The first kappa shape index (κ1) is 11.7. The first-order chi connectivity index (χ1) is 9.29. The standard InChI is InChI=1S/C14H14N4O/c15-17-13-12(6-3-7-16-13)14(19)18-8-10-4-1-2-5-11(10)9-18/h1-7H,8-9,15H2,(H,16,17). The van der Waals surface area contributed by atoms with Gasteiger partial charge >= 0.3 is 0 Å². The molecule has 1 aromatic heterocycles. The number of anilines is 1. The fourth-order valence-electron chi connectivity index (χ4n) is 2.34. The number of fused-ring (bicyclic) bond motifs is 1. The lowest BCUT2D eigenvalue weighted by molar-refractivity contribution is 0.0752. The minimum Gasteiger partial charge on any atom is -0.330 e. The van der Waals surface area contributed by atoms with E-state index in [-0.39, 0.29) is 5.91 Å². The first-order valence-electron chi connectivity index (χ1n) is 6.07. The van der Waals surface area contributed by atoms with Gasteiger partial charge in [0.2, 0.25) is 0 Å². The second-order valence-corrected chi connectivity index (χ2v) is 4.47. The van der Waals surface area contributed by atoms with Gasteiger partial charge in [-0.2, -0.15) is 0 Å². The van der Waals surface area contributed by atoms with Gasteiger partial charge in [0.1, 0.15) is 0 Å². The van der Waals surface area contributed by atoms with Crippen molar-refractivity contribution in [3.05, 3.63) is 59.3 Å². The van der Waals surface area contributed by atoms with Gasteiger partial charge in [-0.1, -0.05) is 24.3 Å². The molecule has 3 rings (SSSR count). The molecule has 5 heteroatoms. The lowest BCUT2D eigenvalue weighted by atomic mass is 10.1. The fourth-order valence-corrected chi connectivity index (χ4v) is 2.34. The maximum absolute atomic E-state index is 12.5. The van der Waals surface area contributed by atoms with Crippen LogP contribution in [-0.2, 0) is 13.1 Å². The number of carbonyl (C=O) groups is 1. The van der Waals surface area contributed by atoms with Crippen LogP contribution in [0.2, 0.25) is 0 Å². The Morgan fingerprint density at radius 3 is 2.47 bits per heavy atom. The van der Waals surface area contributed by atoms with E-state index in [1.807, 2.05) is 24.3 Å². The van der Waals surface area contributed by atoms with Gasteiger partial charge in [0.15, 0.2) is 5.82 Å². The number of amides is 1. The maximum atomic E-state index is 12.5. The highest BCUT2D eigenvalue weighted by Crippen LogP contribution is 2.25. The summed E-state index contributed by atoms with van der Waals surface area (Å²) >= 11 is 0. The number of pyridine rings is 1. The SMILES string of the molecule is NNc1ncccc1C(=O)N1Cc2ccccc2C1. The summed E-state index contributed by atoms with van der Waals surface area (Å²) in [6.45, 7) is 1.27. The molecular formula is C14H14N4O. The summed E-state index contributed by atoms with van der Waals surface area (Å²) in [6, 6.07) is 11.5. The Balaban J connectivity index is 1.87. The molecule has 96 valence electrons. The molecular weight excluding hydrogens is 240 g/mol. The average Bonchev–Trinajstić information content (AvgIpc) is 2.90. The zero-order chi connectivity index (χ0) is 13.2. The van der Waals surface area contributed by atoms with Crippen LogP contribution in [0.1, 0.15) is 21.5 Å². The molecule has 0 unspecified atom stereocenters. The van der Waals surface area contributed by atoms with Crippen LogP contribution in [0, 0.1) is 0 Å². The number of carbonyl (C=O) groups excluding carboxylic acids is 1. The molecule has 0 bridgehead atoms. The number of benzene rings is 1. The van der Waals surface area contributed by atoms with E-state index in [0.717, 1.165) is 0 Å². The van der Waals surface area contributed by atoms with Crippen molar-refractivity contribution in [2.75, 3.05) is 5.43 Å². The van der Waals surface area contributed by atoms with Crippen molar-refractivity contribution in [3.63, 3.8) is 0 Å². The van der Waals surface area contributed by atoms with E-state index in [4.69, 9.17) is 5.84 Å². The molecule has 1 aromatic carbocycles. The lowest BCUT2D eigenvalue weighted by Gasteiger charge is -2.16. The normalized spacial score (nSPS) is 13.2. The third-order valence-electron chi connectivity index (χ3n) is 3.30. The average molecular weight is 254 g/mol. The topological polar surface area (TPSA) is 71.2 Å². The monoisotopic (exact) mass is 254 g/mol. The summed E-state index contributed by atoms with van der Waals surface area (Å²) in [7, 11) is 0. The number of nitrogen functional groups attached to an aromatic ring is 1. The Morgan fingerprint density at radius 2 is 1.84 bits per heavy atom. The summed E-state index contributed by atoms with van der Waals surface area (Å²) in [6.07, 6.45) is 1.60. The van der Waals surface area contributed by atoms with E-state index in [1.54, 1.807) is 23.2 Å². The summed E-state index contributed by atoms with van der Waals surface area (Å²) in [5.41, 5.74) is 5.35. The fraction of sp³-hybridized carbons (Fsp3) is 0.143. The Kier molecular flexibility index (Phi) is 2.89. The zero-order valence-corrected chi connectivity index (χ0v) is 10.3. The van der Waals surface area contributed by atoms with Gasteiger partial charge in [-0.05, 0) is 23.3 Å². The van der Waals surface area contributed by atoms with Crippen LogP contribution >= 0.6 is 0 Å². The van der Waals surface area contributed by atoms with Crippen LogP contribution in [0.25, 0.3) is 0 Å². The number of aromatic nitrogens is 1. The van der Waals surface area contributed by atoms with Gasteiger partial charge in [0, 0.05) is 19.3 Å². The lowest BCUT2D eigenvalue weighted by Crippen LogP contribution is -2.27. The molecule has 0 radical (unpaired) electrons. The molecule has 1 aliphatic rings. The van der Waals surface area contributed by atoms with Crippen molar-refractivity contribution in [2.45, 2.75) is 13.1 Å². The van der Waals surface area contributed by atoms with Crippen molar-refractivity contribution in [2.24, 2.45) is 5.84 Å². The van der Waals surface area contributed by atoms with E-state index in [9.17, 15) is 4.79 Å². The number of hydrazine groups is 1. The number of nitrogens with two attached hydrogens (primary N) is 1. The Morgan fingerprint density at radius 1 is 1.16 bits per heavy atom. The van der Waals surface area contributed by atoms with Crippen LogP contribution in [-0.4, -0.2) is 15.8 Å². The zero-order valence-electron chi connectivity index (χ0n) is 10.3. The molecule has 0 saturated heterocycles. The van der Waals surface area contributed by atoms with Gasteiger partial charge in [-0.3, -0.25) is 4.79 Å². The number of hydrogen-bond donors (Lipinski definition) is 2. The summed E-state index contributed by atoms with van der Waals surface area (Å²) < 4.78 is 0. The number of nitrogens with zero attached hydrogens (tertiary/aromatic N) is 2. The van der Waals surface area contributed by atoms with Gasteiger partial charge in [0.25, 0.3) is 5.91 Å². The molecule has 2 heterocycles. The number of rotatable bonds is 2. The van der Waals surface area contributed by atoms with Crippen LogP contribution in [0.4, 0.5) is 5.82 Å². The highest BCUT2D eigenvalue weighted by atomic mass is 16.2. The van der Waals surface area contributed by atoms with Gasteiger partial charge in [-0.15, -0.1) is 0 Å². The predicted octanol–water partition coefficient (Wildman–Crippen LogP) is 1.52. The predicted molar refractivity (Wildman–Crippen MR) is 72.1 cm³/mol. The van der Waals surface area contributed by atoms with E-state index in [1.165, 1.54) is 11.1 Å². The minimum atomic E-state index is -0.0581. The highest BCUT2D eigenvalue weighted by Gasteiger charge is 2.25. The molecule has 0 saturated carbocycles. The van der Waals surface area contributed by atoms with Crippen LogP contribution in [0.3, 0.4) is 0 Å². The Hall–Kier alpha value is -2.40. The molecule has 2 aromatic rings. The largest absolute Gasteiger partial charge is 0.330 e. The summed E-state index contributed by atoms with van der Waals surface area (Å²) in [5, 5.41) is 0. The van der Waals surface area contributed by atoms with Crippen molar-refractivity contribution >= 4 is 11.7 Å². The van der Waals surface area contributed by atoms with Crippen LogP contribution in [0.15, 0.2) is 42.6 Å². The van der Waals surface area contributed by atoms with E-state index < -0.39 is 0 Å². The summed E-state index contributed by atoms with van der Waals surface area (Å²) in [4.78, 5) is 18.3. The molecule has 19 heavy (non-hydrogen) atoms. The van der Waals surface area contributed by atoms with Crippen LogP contribution < -0.4 is 11.3 Å². The third kappa shape index (κ3) is 2.04. The van der Waals surface area contributed by atoms with E-state index in [2.05, 4.69) is 10.4 Å². The summed E-state index contributed by atoms with van der Waals surface area (Å²) in [5.74, 6) is 5.74. The van der Waals surface area contributed by atoms with E-state index >= 15 is 0 Å². The molecule has 0 fully saturated rings. The second-order valence-electron chi connectivity index (χ2n) is 4.47. The molecule has 0 atom stereocenters. The molecule has 0 aliphatic carbocycles. The van der Waals surface area contributed by atoms with Gasteiger partial charge in [0.05, 0.1) is 5.56 Å². The Bertz CT molecular complexity index is 601. The van der Waals surface area contributed by atoms with Gasteiger partial charge in [-0.25, -0.2) is 10.8 Å². The van der Waals surface area contributed by atoms with Crippen molar-refractivity contribution in [3.8, 4) is 0 Å². The van der Waals surface area contributed by atoms with Crippen molar-refractivity contribution in [1.29, 1.82) is 0 Å². The van der Waals surface area contributed by atoms with Gasteiger partial charge < -0.3 is 10.3 Å². The minimum absolute atomic E-state index is 0.0581. The van der Waals surface area contributed by atoms with Crippen LogP contribution in [0.5, 0.6) is 0 Å². The molecule has 5 nitrogen and oxygen atoms in total. The quantitative estimate of drug-likeness (QED) is 0.629. The van der Waals surface area contributed by atoms with Crippen molar-refractivity contribution < 1.29 is 4.79 Å². The van der Waals surface area contributed by atoms with Crippen molar-refractivity contribution in [1.82, 2.24) is 9.88 Å². The number of hydrogen-bond acceptors (Lipinski definition) is 4. The second kappa shape index (κ2) is 4.70.